The number of rotatable bonds is 2. The summed E-state index contributed by atoms with van der Waals surface area (Å²) in [5.41, 5.74) is 0. The molecule has 2 nitrogen and oxygen atoms in total. The molecule has 0 bridgehead atoms. The largest absolute Gasteiger partial charge is 0.299 e. The Balaban J connectivity index is 2.01. The summed E-state index contributed by atoms with van der Waals surface area (Å²) in [5, 5.41) is 9.37. The maximum atomic E-state index is 9.37. The van der Waals surface area contributed by atoms with Crippen molar-refractivity contribution in [2.45, 2.75) is 70.9 Å². The molecular weight excluding hydrogens is 220 g/mol. The van der Waals surface area contributed by atoms with Gasteiger partial charge >= 0.3 is 0 Å². The molecule has 2 heteroatoms. The molecule has 0 aromatic carbocycles. The summed E-state index contributed by atoms with van der Waals surface area (Å²) >= 11 is 0. The van der Waals surface area contributed by atoms with E-state index in [4.69, 9.17) is 0 Å². The summed E-state index contributed by atoms with van der Waals surface area (Å²) in [6, 6.07) is 3.79. The smallest absolute Gasteiger partial charge is 0.0672 e. The first-order valence-corrected chi connectivity index (χ1v) is 7.73. The maximum absolute atomic E-state index is 9.37. The molecular formula is C16H28N2. The third-order valence-electron chi connectivity index (χ3n) is 5.25. The lowest BCUT2D eigenvalue weighted by Crippen LogP contribution is -2.48. The van der Waals surface area contributed by atoms with E-state index in [2.05, 4.69) is 31.9 Å². The van der Waals surface area contributed by atoms with Crippen LogP contribution in [-0.2, 0) is 0 Å². The summed E-state index contributed by atoms with van der Waals surface area (Å²) in [6.45, 7) is 4.73. The van der Waals surface area contributed by atoms with Crippen LogP contribution in [0.5, 0.6) is 0 Å². The zero-order valence-electron chi connectivity index (χ0n) is 12.2. The van der Waals surface area contributed by atoms with Gasteiger partial charge in [-0.25, -0.2) is 0 Å². The Morgan fingerprint density at radius 3 is 2.39 bits per heavy atom. The van der Waals surface area contributed by atoms with E-state index in [1.54, 1.807) is 0 Å². The molecule has 102 valence electrons. The van der Waals surface area contributed by atoms with Gasteiger partial charge in [0.05, 0.1) is 12.0 Å². The van der Waals surface area contributed by atoms with Crippen molar-refractivity contribution in [3.05, 3.63) is 0 Å². The molecule has 0 spiro atoms. The minimum absolute atomic E-state index is 0.267. The average molecular weight is 248 g/mol. The Bertz CT molecular complexity index is 307. The second-order valence-corrected chi connectivity index (χ2v) is 6.81. The molecule has 2 aliphatic rings. The summed E-state index contributed by atoms with van der Waals surface area (Å²) in [7, 11) is 2.27. The molecule has 0 amide bonds. The minimum atomic E-state index is 0.267. The topological polar surface area (TPSA) is 27.0 Å². The first-order chi connectivity index (χ1) is 8.61. The van der Waals surface area contributed by atoms with Crippen LogP contribution >= 0.6 is 0 Å². The highest BCUT2D eigenvalue weighted by Gasteiger charge is 2.35. The molecule has 0 aliphatic heterocycles. The monoisotopic (exact) mass is 248 g/mol. The van der Waals surface area contributed by atoms with Crippen LogP contribution in [0.3, 0.4) is 0 Å². The Labute approximate surface area is 112 Å². The van der Waals surface area contributed by atoms with E-state index in [1.807, 2.05) is 0 Å². The van der Waals surface area contributed by atoms with Gasteiger partial charge < -0.3 is 0 Å². The van der Waals surface area contributed by atoms with Gasteiger partial charge in [0.15, 0.2) is 0 Å². The van der Waals surface area contributed by atoms with Gasteiger partial charge in [0, 0.05) is 12.1 Å². The van der Waals surface area contributed by atoms with Crippen molar-refractivity contribution in [3.63, 3.8) is 0 Å². The summed E-state index contributed by atoms with van der Waals surface area (Å²) in [5.74, 6) is 1.93. The maximum Gasteiger partial charge on any atom is 0.0672 e. The van der Waals surface area contributed by atoms with Crippen molar-refractivity contribution in [2.24, 2.45) is 17.8 Å². The van der Waals surface area contributed by atoms with Crippen LogP contribution < -0.4 is 0 Å². The fourth-order valence-corrected chi connectivity index (χ4v) is 3.99. The van der Waals surface area contributed by atoms with Gasteiger partial charge in [0.25, 0.3) is 0 Å². The highest BCUT2D eigenvalue weighted by molar-refractivity contribution is 4.98. The first-order valence-electron chi connectivity index (χ1n) is 7.73. The second-order valence-electron chi connectivity index (χ2n) is 6.81. The van der Waals surface area contributed by atoms with Crippen molar-refractivity contribution >= 4 is 0 Å². The molecule has 5 atom stereocenters. The number of nitriles is 1. The average Bonchev–Trinajstić information content (AvgIpc) is 2.38. The normalized spacial score (nSPS) is 41.6. The van der Waals surface area contributed by atoms with Crippen LogP contribution in [0.1, 0.15) is 58.8 Å². The van der Waals surface area contributed by atoms with Gasteiger partial charge in [-0.15, -0.1) is 0 Å². The van der Waals surface area contributed by atoms with Crippen LogP contribution in [0.2, 0.25) is 0 Å². The van der Waals surface area contributed by atoms with Gasteiger partial charge in [-0.2, -0.15) is 5.26 Å². The molecule has 0 aromatic rings. The SMILES string of the molecule is CC1CCCC(N(C)C2CC(C)CCC2C#N)C1. The van der Waals surface area contributed by atoms with E-state index in [0.29, 0.717) is 6.04 Å². The van der Waals surface area contributed by atoms with Crippen molar-refractivity contribution in [1.82, 2.24) is 4.90 Å². The molecule has 2 fully saturated rings. The highest BCUT2D eigenvalue weighted by atomic mass is 15.2. The predicted molar refractivity (Wildman–Crippen MR) is 75.1 cm³/mol. The molecule has 5 unspecified atom stereocenters. The Morgan fingerprint density at radius 1 is 1.00 bits per heavy atom. The summed E-state index contributed by atoms with van der Waals surface area (Å²) in [4.78, 5) is 2.57. The molecule has 0 saturated heterocycles. The van der Waals surface area contributed by atoms with E-state index in [0.717, 1.165) is 24.3 Å². The Hall–Kier alpha value is -0.550. The minimum Gasteiger partial charge on any atom is -0.299 e. The number of hydrogen-bond donors (Lipinski definition) is 0. The van der Waals surface area contributed by atoms with E-state index in [-0.39, 0.29) is 5.92 Å². The van der Waals surface area contributed by atoms with Crippen LogP contribution in [0, 0.1) is 29.1 Å². The lowest BCUT2D eigenvalue weighted by Gasteiger charge is -2.43. The third kappa shape index (κ3) is 3.06. The second kappa shape index (κ2) is 6.06. The molecule has 18 heavy (non-hydrogen) atoms. The Kier molecular flexibility index (Phi) is 4.67. The van der Waals surface area contributed by atoms with E-state index < -0.39 is 0 Å². The quantitative estimate of drug-likeness (QED) is 0.742. The molecule has 2 rings (SSSR count). The molecule has 0 heterocycles. The standard InChI is InChI=1S/C16H28N2/c1-12-5-4-6-15(9-12)18(3)16-10-13(2)7-8-14(16)11-17/h12-16H,4-10H2,1-3H3. The lowest BCUT2D eigenvalue weighted by molar-refractivity contribution is 0.0631. The summed E-state index contributed by atoms with van der Waals surface area (Å²) < 4.78 is 0. The number of nitrogens with zero attached hydrogens (tertiary/aromatic N) is 2. The fraction of sp³-hybridized carbons (Fsp3) is 0.938. The first kappa shape index (κ1) is 13.9. The molecule has 0 aromatic heterocycles. The van der Waals surface area contributed by atoms with Crippen molar-refractivity contribution in [3.8, 4) is 6.07 Å². The van der Waals surface area contributed by atoms with Gasteiger partial charge in [-0.1, -0.05) is 26.7 Å². The van der Waals surface area contributed by atoms with Gasteiger partial charge in [0.2, 0.25) is 0 Å². The van der Waals surface area contributed by atoms with Crippen molar-refractivity contribution < 1.29 is 0 Å². The van der Waals surface area contributed by atoms with E-state index in [1.165, 1.54) is 38.5 Å². The zero-order valence-corrected chi connectivity index (χ0v) is 12.2. The molecule has 0 radical (unpaired) electrons. The van der Waals surface area contributed by atoms with Crippen molar-refractivity contribution in [1.29, 1.82) is 5.26 Å². The van der Waals surface area contributed by atoms with Gasteiger partial charge in [-0.3, -0.25) is 4.90 Å². The fourth-order valence-electron chi connectivity index (χ4n) is 3.99. The number of hydrogen-bond acceptors (Lipinski definition) is 2. The van der Waals surface area contributed by atoms with Crippen LogP contribution in [0.4, 0.5) is 0 Å². The molecule has 2 aliphatic carbocycles. The van der Waals surface area contributed by atoms with Crippen molar-refractivity contribution in [2.75, 3.05) is 7.05 Å². The lowest BCUT2D eigenvalue weighted by atomic mass is 9.77. The van der Waals surface area contributed by atoms with Gasteiger partial charge in [-0.05, 0) is 51.0 Å². The van der Waals surface area contributed by atoms with Crippen LogP contribution in [0.25, 0.3) is 0 Å². The van der Waals surface area contributed by atoms with Gasteiger partial charge in [0.1, 0.15) is 0 Å². The predicted octanol–water partition coefficient (Wildman–Crippen LogP) is 3.83. The van der Waals surface area contributed by atoms with Crippen LogP contribution in [0.15, 0.2) is 0 Å². The third-order valence-corrected chi connectivity index (χ3v) is 5.25. The highest BCUT2D eigenvalue weighted by Crippen LogP contribution is 2.35. The van der Waals surface area contributed by atoms with E-state index in [9.17, 15) is 5.26 Å². The summed E-state index contributed by atoms with van der Waals surface area (Å²) in [6.07, 6.45) is 9.00. The van der Waals surface area contributed by atoms with Crippen LogP contribution in [-0.4, -0.2) is 24.0 Å². The zero-order chi connectivity index (χ0) is 13.1. The molecule has 2 saturated carbocycles. The Morgan fingerprint density at radius 2 is 1.72 bits per heavy atom. The molecule has 0 N–H and O–H groups in total. The van der Waals surface area contributed by atoms with E-state index >= 15 is 0 Å².